The van der Waals surface area contributed by atoms with Crippen LogP contribution in [-0.2, 0) is 0 Å². The van der Waals surface area contributed by atoms with E-state index in [4.69, 9.17) is 46.4 Å². The summed E-state index contributed by atoms with van der Waals surface area (Å²) in [6, 6.07) is 9.08. The normalized spacial score (nSPS) is 10.6. The van der Waals surface area contributed by atoms with Gasteiger partial charge in [0.2, 0.25) is 0 Å². The number of hydrogen-bond donors (Lipinski definition) is 0. The second kappa shape index (κ2) is 5.07. The molecule has 0 N–H and O–H groups in total. The van der Waals surface area contributed by atoms with Crippen molar-refractivity contribution < 1.29 is 0 Å². The number of benzene rings is 2. The van der Waals surface area contributed by atoms with Crippen LogP contribution in [-0.4, -0.2) is 0 Å². The van der Waals surface area contributed by atoms with Gasteiger partial charge in [-0.2, -0.15) is 0 Å². The Kier molecular flexibility index (Phi) is 3.89. The van der Waals surface area contributed by atoms with Crippen molar-refractivity contribution in [2.24, 2.45) is 0 Å². The van der Waals surface area contributed by atoms with Gasteiger partial charge in [0.15, 0.2) is 0 Å². The van der Waals surface area contributed by atoms with Gasteiger partial charge in [0, 0.05) is 16.1 Å². The summed E-state index contributed by atoms with van der Waals surface area (Å²) in [5.41, 5.74) is 2.54. The molecule has 2 aromatic rings. The van der Waals surface area contributed by atoms with Gasteiger partial charge >= 0.3 is 0 Å². The van der Waals surface area contributed by atoms with Gasteiger partial charge in [-0.05, 0) is 30.7 Å². The number of rotatable bonds is 1. The summed E-state index contributed by atoms with van der Waals surface area (Å²) in [4.78, 5) is 0. The van der Waals surface area contributed by atoms with Crippen molar-refractivity contribution in [1.29, 1.82) is 0 Å². The molecule has 0 aliphatic rings. The lowest BCUT2D eigenvalue weighted by atomic mass is 10.0. The van der Waals surface area contributed by atoms with Crippen LogP contribution in [0.4, 0.5) is 0 Å². The van der Waals surface area contributed by atoms with Gasteiger partial charge in [-0.25, -0.2) is 0 Å². The highest BCUT2D eigenvalue weighted by Crippen LogP contribution is 2.41. The van der Waals surface area contributed by atoms with Gasteiger partial charge in [-0.15, -0.1) is 0 Å². The molecule has 0 aromatic heterocycles. The minimum Gasteiger partial charge on any atom is -0.0837 e. The van der Waals surface area contributed by atoms with E-state index in [1.54, 1.807) is 12.1 Å². The minimum atomic E-state index is 0.421. The monoisotopic (exact) mass is 304 g/mol. The van der Waals surface area contributed by atoms with E-state index in [0.29, 0.717) is 25.7 Å². The summed E-state index contributed by atoms with van der Waals surface area (Å²) in [5.74, 6) is 0. The van der Waals surface area contributed by atoms with Crippen LogP contribution in [0.25, 0.3) is 11.1 Å². The maximum Gasteiger partial charge on any atom is 0.0686 e. The Labute approximate surface area is 120 Å². The fourth-order valence-electron chi connectivity index (χ4n) is 1.60. The Bertz CT molecular complexity index is 576. The van der Waals surface area contributed by atoms with E-state index in [1.807, 2.05) is 25.1 Å². The molecular weight excluding hydrogens is 298 g/mol. The highest BCUT2D eigenvalue weighted by molar-refractivity contribution is 6.46. The van der Waals surface area contributed by atoms with Crippen LogP contribution in [0.5, 0.6) is 0 Å². The molecule has 88 valence electrons. The lowest BCUT2D eigenvalue weighted by molar-refractivity contribution is 1.47. The molecule has 0 saturated heterocycles. The Morgan fingerprint density at radius 3 is 2.06 bits per heavy atom. The Morgan fingerprint density at radius 1 is 0.765 bits per heavy atom. The molecule has 0 heterocycles. The third-order valence-corrected chi connectivity index (χ3v) is 3.87. The van der Waals surface area contributed by atoms with E-state index in [2.05, 4.69) is 0 Å². The first-order valence-electron chi connectivity index (χ1n) is 4.90. The van der Waals surface area contributed by atoms with Crippen LogP contribution in [0.1, 0.15) is 5.56 Å². The van der Waals surface area contributed by atoms with Crippen molar-refractivity contribution >= 4 is 46.4 Å². The zero-order chi connectivity index (χ0) is 12.6. The zero-order valence-corrected chi connectivity index (χ0v) is 11.9. The molecule has 0 unspecified atom stereocenters. The van der Waals surface area contributed by atoms with E-state index < -0.39 is 0 Å². The molecule has 17 heavy (non-hydrogen) atoms. The quantitative estimate of drug-likeness (QED) is 0.544. The molecule has 4 heteroatoms. The summed E-state index contributed by atoms with van der Waals surface area (Å²) >= 11 is 24.5. The molecule has 0 saturated carbocycles. The summed E-state index contributed by atoms with van der Waals surface area (Å²) in [5, 5.41) is 2.02. The molecule has 0 fully saturated rings. The van der Waals surface area contributed by atoms with Crippen LogP contribution in [0.3, 0.4) is 0 Å². The summed E-state index contributed by atoms with van der Waals surface area (Å²) in [6.45, 7) is 1.97. The molecule has 0 amide bonds. The predicted molar refractivity (Wildman–Crippen MR) is 76.7 cm³/mol. The average molecular weight is 306 g/mol. The summed E-state index contributed by atoms with van der Waals surface area (Å²) in [6.07, 6.45) is 0. The molecule has 2 aromatic carbocycles. The molecule has 2 rings (SSSR count). The van der Waals surface area contributed by atoms with E-state index in [0.717, 1.165) is 11.1 Å². The number of aryl methyl sites for hydroxylation is 1. The molecule has 0 radical (unpaired) electrons. The van der Waals surface area contributed by atoms with Crippen molar-refractivity contribution in [2.75, 3.05) is 0 Å². The zero-order valence-electron chi connectivity index (χ0n) is 8.90. The summed E-state index contributed by atoms with van der Waals surface area (Å²) in [7, 11) is 0. The minimum absolute atomic E-state index is 0.421. The van der Waals surface area contributed by atoms with Gasteiger partial charge in [-0.1, -0.05) is 58.5 Å². The van der Waals surface area contributed by atoms with Crippen molar-refractivity contribution in [3.05, 3.63) is 56.0 Å². The van der Waals surface area contributed by atoms with Crippen LogP contribution >= 0.6 is 46.4 Å². The van der Waals surface area contributed by atoms with Gasteiger partial charge < -0.3 is 0 Å². The van der Waals surface area contributed by atoms with E-state index >= 15 is 0 Å². The molecule has 0 aliphatic heterocycles. The fourth-order valence-corrected chi connectivity index (χ4v) is 2.66. The van der Waals surface area contributed by atoms with E-state index in [1.165, 1.54) is 0 Å². The van der Waals surface area contributed by atoms with Crippen molar-refractivity contribution in [3.63, 3.8) is 0 Å². The van der Waals surface area contributed by atoms with Gasteiger partial charge in [0.1, 0.15) is 0 Å². The molecule has 0 bridgehead atoms. The second-order valence-corrected chi connectivity index (χ2v) is 5.30. The second-order valence-electron chi connectivity index (χ2n) is 3.70. The van der Waals surface area contributed by atoms with Crippen molar-refractivity contribution in [1.82, 2.24) is 0 Å². The Balaban J connectivity index is 2.72. The topological polar surface area (TPSA) is 0 Å². The standard InChI is InChI=1S/C13H8Cl4/c1-7-2-3-8(11(16)6-7)12-9(14)4-5-10(15)13(12)17/h2-6H,1H3. The number of halogens is 4. The van der Waals surface area contributed by atoms with E-state index in [9.17, 15) is 0 Å². The molecule has 0 nitrogen and oxygen atoms in total. The SMILES string of the molecule is Cc1ccc(-c2c(Cl)ccc(Cl)c2Cl)c(Cl)c1. The highest BCUT2D eigenvalue weighted by atomic mass is 35.5. The predicted octanol–water partition coefficient (Wildman–Crippen LogP) is 6.28. The first kappa shape index (κ1) is 13.0. The van der Waals surface area contributed by atoms with Crippen LogP contribution in [0.2, 0.25) is 20.1 Å². The third kappa shape index (κ3) is 2.56. The van der Waals surface area contributed by atoms with Crippen LogP contribution in [0, 0.1) is 6.92 Å². The van der Waals surface area contributed by atoms with Crippen molar-refractivity contribution in [2.45, 2.75) is 6.92 Å². The van der Waals surface area contributed by atoms with Gasteiger partial charge in [0.05, 0.1) is 15.1 Å². The Morgan fingerprint density at radius 2 is 1.41 bits per heavy atom. The van der Waals surface area contributed by atoms with Crippen molar-refractivity contribution in [3.8, 4) is 11.1 Å². The fraction of sp³-hybridized carbons (Fsp3) is 0.0769. The number of hydrogen-bond acceptors (Lipinski definition) is 0. The first-order chi connectivity index (χ1) is 8.00. The lowest BCUT2D eigenvalue weighted by Gasteiger charge is -2.11. The smallest absolute Gasteiger partial charge is 0.0686 e. The van der Waals surface area contributed by atoms with Crippen LogP contribution in [0.15, 0.2) is 30.3 Å². The molecular formula is C13H8Cl4. The average Bonchev–Trinajstić information content (AvgIpc) is 2.27. The first-order valence-corrected chi connectivity index (χ1v) is 6.42. The molecule has 0 aliphatic carbocycles. The van der Waals surface area contributed by atoms with Crippen LogP contribution < -0.4 is 0 Å². The Hall–Kier alpha value is -0.400. The molecule has 0 spiro atoms. The lowest BCUT2D eigenvalue weighted by Crippen LogP contribution is -1.85. The summed E-state index contributed by atoms with van der Waals surface area (Å²) < 4.78 is 0. The third-order valence-electron chi connectivity index (χ3n) is 2.44. The molecule has 0 atom stereocenters. The van der Waals surface area contributed by atoms with E-state index in [-0.39, 0.29) is 0 Å². The maximum atomic E-state index is 6.20. The van der Waals surface area contributed by atoms with Gasteiger partial charge in [-0.3, -0.25) is 0 Å². The highest BCUT2D eigenvalue weighted by Gasteiger charge is 2.14. The van der Waals surface area contributed by atoms with Gasteiger partial charge in [0.25, 0.3) is 0 Å². The maximum absolute atomic E-state index is 6.20. The largest absolute Gasteiger partial charge is 0.0837 e.